The normalized spacial score (nSPS) is 23.1. The third-order valence-corrected chi connectivity index (χ3v) is 3.36. The minimum absolute atomic E-state index is 0.0218. The quantitative estimate of drug-likeness (QED) is 0.861. The number of carbonyl (C=O) groups is 1. The van der Waals surface area contributed by atoms with E-state index in [2.05, 4.69) is 17.6 Å². The van der Waals surface area contributed by atoms with Gasteiger partial charge in [-0.2, -0.15) is 0 Å². The third kappa shape index (κ3) is 3.30. The number of halogens is 1. The Labute approximate surface area is 113 Å². The van der Waals surface area contributed by atoms with Crippen LogP contribution in [0.15, 0.2) is 24.3 Å². The van der Waals surface area contributed by atoms with Crippen molar-refractivity contribution in [2.75, 3.05) is 24.5 Å². The summed E-state index contributed by atoms with van der Waals surface area (Å²) in [5.41, 5.74) is 0.731. The van der Waals surface area contributed by atoms with Crippen LogP contribution in [-0.2, 0) is 4.79 Å². The van der Waals surface area contributed by atoms with Crippen molar-refractivity contribution < 1.29 is 9.18 Å². The van der Waals surface area contributed by atoms with Gasteiger partial charge < -0.3 is 15.5 Å². The molecule has 1 aliphatic rings. The van der Waals surface area contributed by atoms with Gasteiger partial charge in [0.1, 0.15) is 5.82 Å². The molecule has 1 heterocycles. The second-order valence-corrected chi connectivity index (χ2v) is 4.83. The highest BCUT2D eigenvalue weighted by Crippen LogP contribution is 2.16. The number of rotatable bonds is 3. The van der Waals surface area contributed by atoms with Crippen LogP contribution < -0.4 is 15.5 Å². The molecular formula is C14H20FN3O. The van der Waals surface area contributed by atoms with Crippen LogP contribution in [0, 0.1) is 5.82 Å². The highest BCUT2D eigenvalue weighted by molar-refractivity contribution is 5.97. The third-order valence-electron chi connectivity index (χ3n) is 3.36. The fraction of sp³-hybridized carbons (Fsp3) is 0.500. The van der Waals surface area contributed by atoms with E-state index in [-0.39, 0.29) is 17.8 Å². The Balaban J connectivity index is 2.08. The van der Waals surface area contributed by atoms with Crippen LogP contribution in [0.4, 0.5) is 10.1 Å². The molecule has 0 saturated carbocycles. The number of anilines is 1. The van der Waals surface area contributed by atoms with Crippen molar-refractivity contribution in [1.29, 1.82) is 0 Å². The number of amides is 1. The Bertz CT molecular complexity index is 427. The largest absolute Gasteiger partial charge is 0.311 e. The molecule has 19 heavy (non-hydrogen) atoms. The summed E-state index contributed by atoms with van der Waals surface area (Å²) in [6.07, 6.45) is 0. The van der Waals surface area contributed by atoms with Gasteiger partial charge in [0.15, 0.2) is 0 Å². The molecule has 0 aliphatic carbocycles. The number of nitrogens with one attached hydrogen (secondary N) is 2. The summed E-state index contributed by atoms with van der Waals surface area (Å²) in [4.78, 5) is 14.1. The fourth-order valence-electron chi connectivity index (χ4n) is 2.23. The smallest absolute Gasteiger partial charge is 0.245 e. The van der Waals surface area contributed by atoms with E-state index in [4.69, 9.17) is 0 Å². The van der Waals surface area contributed by atoms with Gasteiger partial charge in [0.25, 0.3) is 0 Å². The molecule has 1 saturated heterocycles. The number of carbonyl (C=O) groups excluding carboxylic acids is 1. The molecule has 4 nitrogen and oxygen atoms in total. The molecule has 1 aliphatic heterocycles. The van der Waals surface area contributed by atoms with Crippen LogP contribution in [-0.4, -0.2) is 37.6 Å². The average Bonchev–Trinajstić information content (AvgIpc) is 2.42. The van der Waals surface area contributed by atoms with Gasteiger partial charge in [-0.3, -0.25) is 4.79 Å². The lowest BCUT2D eigenvalue weighted by Crippen LogP contribution is -2.59. The van der Waals surface area contributed by atoms with Crippen molar-refractivity contribution >= 4 is 11.6 Å². The predicted octanol–water partition coefficient (Wildman–Crippen LogP) is 1.13. The Morgan fingerprint density at radius 1 is 1.32 bits per heavy atom. The molecule has 2 unspecified atom stereocenters. The van der Waals surface area contributed by atoms with Crippen LogP contribution in [0.2, 0.25) is 0 Å². The lowest BCUT2D eigenvalue weighted by atomic mass is 10.1. The van der Waals surface area contributed by atoms with Crippen molar-refractivity contribution in [1.82, 2.24) is 10.6 Å². The van der Waals surface area contributed by atoms with Gasteiger partial charge in [-0.15, -0.1) is 0 Å². The Morgan fingerprint density at radius 3 is 2.53 bits per heavy atom. The standard InChI is InChI=1S/C14H20FN3O/c1-3-18(12-6-4-11(15)5-7-12)14(19)13-9-16-10(2)8-17-13/h4-7,10,13,16-17H,3,8-9H2,1-2H3. The topological polar surface area (TPSA) is 44.4 Å². The van der Waals surface area contributed by atoms with Crippen molar-refractivity contribution in [2.24, 2.45) is 0 Å². The first-order chi connectivity index (χ1) is 9.11. The SMILES string of the molecule is CCN(C(=O)C1CNC(C)CN1)c1ccc(F)cc1. The predicted molar refractivity (Wildman–Crippen MR) is 73.7 cm³/mol. The number of hydrogen-bond acceptors (Lipinski definition) is 3. The molecule has 1 fully saturated rings. The zero-order valence-corrected chi connectivity index (χ0v) is 11.3. The molecule has 2 rings (SSSR count). The van der Waals surface area contributed by atoms with Gasteiger partial charge in [0, 0.05) is 31.4 Å². The lowest BCUT2D eigenvalue weighted by Gasteiger charge is -2.32. The molecule has 1 aromatic rings. The van der Waals surface area contributed by atoms with Crippen LogP contribution in [0.3, 0.4) is 0 Å². The average molecular weight is 265 g/mol. The Hall–Kier alpha value is -1.46. The number of nitrogens with zero attached hydrogens (tertiary/aromatic N) is 1. The van der Waals surface area contributed by atoms with E-state index < -0.39 is 0 Å². The minimum atomic E-state index is -0.293. The summed E-state index contributed by atoms with van der Waals surface area (Å²) in [7, 11) is 0. The van der Waals surface area contributed by atoms with Gasteiger partial charge in [-0.05, 0) is 38.1 Å². The first-order valence-corrected chi connectivity index (χ1v) is 6.65. The van der Waals surface area contributed by atoms with Crippen LogP contribution in [0.1, 0.15) is 13.8 Å². The molecule has 0 bridgehead atoms. The number of hydrogen-bond donors (Lipinski definition) is 2. The summed E-state index contributed by atoms with van der Waals surface area (Å²) in [5.74, 6) is -0.271. The fourth-order valence-corrected chi connectivity index (χ4v) is 2.23. The van der Waals surface area contributed by atoms with Crippen LogP contribution >= 0.6 is 0 Å². The summed E-state index contributed by atoms with van der Waals surface area (Å²) >= 11 is 0. The van der Waals surface area contributed by atoms with Crippen molar-refractivity contribution in [3.05, 3.63) is 30.1 Å². The number of benzene rings is 1. The Kier molecular flexibility index (Phi) is 4.50. The monoisotopic (exact) mass is 265 g/mol. The maximum atomic E-state index is 12.9. The second kappa shape index (κ2) is 6.12. The van der Waals surface area contributed by atoms with Gasteiger partial charge in [-0.25, -0.2) is 4.39 Å². The summed E-state index contributed by atoms with van der Waals surface area (Å²) in [5, 5.41) is 6.52. The van der Waals surface area contributed by atoms with E-state index in [1.54, 1.807) is 17.0 Å². The van der Waals surface area contributed by atoms with E-state index in [1.807, 2.05) is 6.92 Å². The maximum absolute atomic E-state index is 12.9. The van der Waals surface area contributed by atoms with Crippen molar-refractivity contribution in [3.63, 3.8) is 0 Å². The molecule has 5 heteroatoms. The Morgan fingerprint density at radius 2 is 2.00 bits per heavy atom. The van der Waals surface area contributed by atoms with Crippen LogP contribution in [0.5, 0.6) is 0 Å². The molecule has 0 spiro atoms. The van der Waals surface area contributed by atoms with Crippen LogP contribution in [0.25, 0.3) is 0 Å². The highest BCUT2D eigenvalue weighted by Gasteiger charge is 2.27. The highest BCUT2D eigenvalue weighted by atomic mass is 19.1. The molecule has 2 atom stereocenters. The van der Waals surface area contributed by atoms with Gasteiger partial charge in [-0.1, -0.05) is 0 Å². The molecule has 2 N–H and O–H groups in total. The minimum Gasteiger partial charge on any atom is -0.311 e. The zero-order chi connectivity index (χ0) is 13.8. The lowest BCUT2D eigenvalue weighted by molar-refractivity contribution is -0.120. The summed E-state index contributed by atoms with van der Waals surface area (Å²) in [6.45, 7) is 5.96. The molecular weight excluding hydrogens is 245 g/mol. The first-order valence-electron chi connectivity index (χ1n) is 6.65. The number of piperazine rings is 1. The molecule has 0 radical (unpaired) electrons. The second-order valence-electron chi connectivity index (χ2n) is 4.83. The molecule has 104 valence electrons. The van der Waals surface area contributed by atoms with Gasteiger partial charge in [0.05, 0.1) is 6.04 Å². The van der Waals surface area contributed by atoms with E-state index >= 15 is 0 Å². The molecule has 0 aromatic heterocycles. The summed E-state index contributed by atoms with van der Waals surface area (Å²) in [6, 6.07) is 6.18. The van der Waals surface area contributed by atoms with E-state index in [9.17, 15) is 9.18 Å². The van der Waals surface area contributed by atoms with Gasteiger partial charge in [0.2, 0.25) is 5.91 Å². The number of likely N-dealkylation sites (N-methyl/N-ethyl adjacent to an activating group) is 1. The van der Waals surface area contributed by atoms with Crippen molar-refractivity contribution in [2.45, 2.75) is 25.9 Å². The van der Waals surface area contributed by atoms with E-state index in [0.717, 1.165) is 12.2 Å². The first kappa shape index (κ1) is 14.0. The van der Waals surface area contributed by atoms with E-state index in [1.165, 1.54) is 12.1 Å². The van der Waals surface area contributed by atoms with E-state index in [0.29, 0.717) is 19.1 Å². The maximum Gasteiger partial charge on any atom is 0.245 e. The van der Waals surface area contributed by atoms with Gasteiger partial charge >= 0.3 is 0 Å². The zero-order valence-electron chi connectivity index (χ0n) is 11.3. The molecule has 1 amide bonds. The summed E-state index contributed by atoms with van der Waals surface area (Å²) < 4.78 is 12.9. The molecule has 1 aromatic carbocycles. The van der Waals surface area contributed by atoms with Crippen molar-refractivity contribution in [3.8, 4) is 0 Å².